The van der Waals surface area contributed by atoms with E-state index >= 15 is 0 Å². The van der Waals surface area contributed by atoms with E-state index in [0.29, 0.717) is 24.1 Å². The Balaban J connectivity index is 1.18. The van der Waals surface area contributed by atoms with Crippen molar-refractivity contribution >= 4 is 5.91 Å². The summed E-state index contributed by atoms with van der Waals surface area (Å²) in [5.74, 6) is 1.38. The lowest BCUT2D eigenvalue weighted by Gasteiger charge is -2.33. The van der Waals surface area contributed by atoms with Crippen LogP contribution in [-0.4, -0.2) is 47.9 Å². The maximum atomic E-state index is 13.0. The molecule has 0 bridgehead atoms. The van der Waals surface area contributed by atoms with E-state index in [1.807, 2.05) is 11.0 Å². The fraction of sp³-hybridized carbons (Fsp3) is 0.560. The van der Waals surface area contributed by atoms with Crippen LogP contribution < -0.4 is 5.32 Å². The Hall–Kier alpha value is -2.11. The highest BCUT2D eigenvalue weighted by molar-refractivity contribution is 5.94. The van der Waals surface area contributed by atoms with Crippen molar-refractivity contribution in [2.24, 2.45) is 0 Å². The molecule has 5 heteroatoms. The van der Waals surface area contributed by atoms with E-state index in [0.717, 1.165) is 38.2 Å². The van der Waals surface area contributed by atoms with Crippen molar-refractivity contribution in [3.05, 3.63) is 59.0 Å². The Morgan fingerprint density at radius 3 is 2.60 bits per heavy atom. The van der Waals surface area contributed by atoms with Crippen molar-refractivity contribution < 1.29 is 9.21 Å². The van der Waals surface area contributed by atoms with E-state index in [4.69, 9.17) is 4.42 Å². The lowest BCUT2D eigenvalue weighted by molar-refractivity contribution is 0.0706. The van der Waals surface area contributed by atoms with Crippen LogP contribution in [-0.2, 0) is 13.1 Å². The number of piperidine rings is 1. The molecule has 1 aliphatic carbocycles. The number of nitrogens with zero attached hydrogens (tertiary/aromatic N) is 2. The number of nitrogens with one attached hydrogen (secondary N) is 1. The van der Waals surface area contributed by atoms with Gasteiger partial charge in [-0.25, -0.2) is 0 Å². The summed E-state index contributed by atoms with van der Waals surface area (Å²) in [5, 5.41) is 3.44. The van der Waals surface area contributed by atoms with Gasteiger partial charge in [0.25, 0.3) is 5.91 Å². The number of carbonyl (C=O) groups excluding carboxylic acids is 1. The predicted molar refractivity (Wildman–Crippen MR) is 117 cm³/mol. The molecule has 2 aliphatic heterocycles. The zero-order valence-electron chi connectivity index (χ0n) is 17.8. The highest BCUT2D eigenvalue weighted by Crippen LogP contribution is 2.29. The van der Waals surface area contributed by atoms with Gasteiger partial charge in [0.05, 0.1) is 12.1 Å². The molecule has 1 amide bonds. The Labute approximate surface area is 179 Å². The van der Waals surface area contributed by atoms with Crippen molar-refractivity contribution in [3.63, 3.8) is 0 Å². The van der Waals surface area contributed by atoms with Gasteiger partial charge >= 0.3 is 0 Å². The first-order chi connectivity index (χ1) is 14.7. The van der Waals surface area contributed by atoms with Gasteiger partial charge in [-0.15, -0.1) is 0 Å². The average Bonchev–Trinajstić information content (AvgIpc) is 3.25. The van der Waals surface area contributed by atoms with Gasteiger partial charge in [0, 0.05) is 31.6 Å². The molecule has 160 valence electrons. The summed E-state index contributed by atoms with van der Waals surface area (Å²) >= 11 is 0. The second kappa shape index (κ2) is 8.94. The minimum atomic E-state index is 0.103. The SMILES string of the molecule is O=C(c1coc(CNC2CC2)c1)N1CCCC(c2ccc(CN3CCCC3)cc2)C1. The van der Waals surface area contributed by atoms with Gasteiger partial charge in [-0.05, 0) is 68.8 Å². The zero-order chi connectivity index (χ0) is 20.3. The average molecular weight is 408 g/mol. The van der Waals surface area contributed by atoms with Crippen LogP contribution in [0.2, 0.25) is 0 Å². The summed E-state index contributed by atoms with van der Waals surface area (Å²) in [6.07, 6.45) is 9.00. The quantitative estimate of drug-likeness (QED) is 0.749. The summed E-state index contributed by atoms with van der Waals surface area (Å²) in [6, 6.07) is 11.7. The van der Waals surface area contributed by atoms with E-state index in [1.165, 1.54) is 49.9 Å². The number of hydrogen-bond donors (Lipinski definition) is 1. The van der Waals surface area contributed by atoms with Crippen LogP contribution in [0.15, 0.2) is 41.0 Å². The Kier molecular flexibility index (Phi) is 5.91. The lowest BCUT2D eigenvalue weighted by atomic mass is 9.90. The van der Waals surface area contributed by atoms with Crippen molar-refractivity contribution in [1.29, 1.82) is 0 Å². The van der Waals surface area contributed by atoms with Crippen LogP contribution in [0.5, 0.6) is 0 Å². The van der Waals surface area contributed by atoms with E-state index in [9.17, 15) is 4.79 Å². The molecular weight excluding hydrogens is 374 g/mol. The Morgan fingerprint density at radius 1 is 1.03 bits per heavy atom. The van der Waals surface area contributed by atoms with Crippen LogP contribution in [0.4, 0.5) is 0 Å². The molecule has 1 saturated carbocycles. The molecule has 5 rings (SSSR count). The molecule has 3 heterocycles. The van der Waals surface area contributed by atoms with Gasteiger partial charge in [0.1, 0.15) is 12.0 Å². The number of carbonyl (C=O) groups is 1. The lowest BCUT2D eigenvalue weighted by Crippen LogP contribution is -2.39. The maximum Gasteiger partial charge on any atom is 0.257 e. The number of furan rings is 1. The number of amides is 1. The van der Waals surface area contributed by atoms with Gasteiger partial charge in [0.15, 0.2) is 0 Å². The van der Waals surface area contributed by atoms with Crippen LogP contribution in [0, 0.1) is 0 Å². The fourth-order valence-corrected chi connectivity index (χ4v) is 4.83. The van der Waals surface area contributed by atoms with Crippen molar-refractivity contribution in [2.45, 2.75) is 63.6 Å². The Morgan fingerprint density at radius 2 is 1.83 bits per heavy atom. The second-order valence-corrected chi connectivity index (χ2v) is 9.27. The van der Waals surface area contributed by atoms with E-state index in [-0.39, 0.29) is 5.91 Å². The zero-order valence-corrected chi connectivity index (χ0v) is 17.8. The minimum absolute atomic E-state index is 0.103. The van der Waals surface area contributed by atoms with Gasteiger partial charge in [0.2, 0.25) is 0 Å². The van der Waals surface area contributed by atoms with E-state index < -0.39 is 0 Å². The molecule has 3 aliphatic rings. The number of benzene rings is 1. The van der Waals surface area contributed by atoms with Crippen LogP contribution in [0.1, 0.15) is 71.7 Å². The van der Waals surface area contributed by atoms with Gasteiger partial charge in [-0.1, -0.05) is 24.3 Å². The van der Waals surface area contributed by atoms with E-state index in [1.54, 1.807) is 6.26 Å². The van der Waals surface area contributed by atoms with Crippen LogP contribution >= 0.6 is 0 Å². The summed E-state index contributed by atoms with van der Waals surface area (Å²) in [5.41, 5.74) is 3.44. The summed E-state index contributed by atoms with van der Waals surface area (Å²) < 4.78 is 5.62. The maximum absolute atomic E-state index is 13.0. The molecule has 0 spiro atoms. The van der Waals surface area contributed by atoms with Gasteiger partial charge in [-0.3, -0.25) is 9.69 Å². The fourth-order valence-electron chi connectivity index (χ4n) is 4.83. The second-order valence-electron chi connectivity index (χ2n) is 9.27. The molecule has 5 nitrogen and oxygen atoms in total. The number of likely N-dealkylation sites (tertiary alicyclic amines) is 2. The largest absolute Gasteiger partial charge is 0.467 e. The highest BCUT2D eigenvalue weighted by Gasteiger charge is 2.27. The Bertz CT molecular complexity index is 850. The molecular formula is C25H33N3O2. The third-order valence-electron chi connectivity index (χ3n) is 6.81. The van der Waals surface area contributed by atoms with Gasteiger partial charge in [-0.2, -0.15) is 0 Å². The predicted octanol–water partition coefficient (Wildman–Crippen LogP) is 4.15. The van der Waals surface area contributed by atoms with Crippen LogP contribution in [0.25, 0.3) is 0 Å². The first kappa shape index (κ1) is 19.8. The molecule has 1 unspecified atom stereocenters. The summed E-state index contributed by atoms with van der Waals surface area (Å²) in [7, 11) is 0. The van der Waals surface area contributed by atoms with Crippen molar-refractivity contribution in [2.75, 3.05) is 26.2 Å². The number of hydrogen-bond acceptors (Lipinski definition) is 4. The molecule has 3 fully saturated rings. The van der Waals surface area contributed by atoms with Crippen LogP contribution in [0.3, 0.4) is 0 Å². The van der Waals surface area contributed by atoms with Crippen molar-refractivity contribution in [1.82, 2.24) is 15.1 Å². The molecule has 1 atom stereocenters. The molecule has 1 N–H and O–H groups in total. The summed E-state index contributed by atoms with van der Waals surface area (Å²) in [4.78, 5) is 17.6. The standard InChI is InChI=1S/C25H33N3O2/c29-25(22-14-24(30-18-22)15-26-23-9-10-23)28-13-3-4-21(17-28)20-7-5-19(6-8-20)16-27-11-1-2-12-27/h5-8,14,18,21,23,26H,1-4,9-13,15-17H2. The minimum Gasteiger partial charge on any atom is -0.467 e. The van der Waals surface area contributed by atoms with E-state index in [2.05, 4.69) is 34.5 Å². The third-order valence-corrected chi connectivity index (χ3v) is 6.81. The molecule has 30 heavy (non-hydrogen) atoms. The van der Waals surface area contributed by atoms with Crippen molar-refractivity contribution in [3.8, 4) is 0 Å². The summed E-state index contributed by atoms with van der Waals surface area (Å²) in [6.45, 7) is 5.87. The third kappa shape index (κ3) is 4.79. The molecule has 0 radical (unpaired) electrons. The molecule has 2 saturated heterocycles. The van der Waals surface area contributed by atoms with Gasteiger partial charge < -0.3 is 14.6 Å². The monoisotopic (exact) mass is 407 g/mol. The molecule has 2 aromatic rings. The normalized spacial score (nSPS) is 22.5. The topological polar surface area (TPSA) is 48.7 Å². The molecule has 1 aromatic heterocycles. The molecule has 1 aromatic carbocycles. The first-order valence-corrected chi connectivity index (χ1v) is 11.7. The first-order valence-electron chi connectivity index (χ1n) is 11.7. The smallest absolute Gasteiger partial charge is 0.257 e. The number of rotatable bonds is 7. The highest BCUT2D eigenvalue weighted by atomic mass is 16.3.